The van der Waals surface area contributed by atoms with Crippen molar-refractivity contribution in [3.8, 4) is 11.5 Å². The fourth-order valence-corrected chi connectivity index (χ4v) is 5.08. The van der Waals surface area contributed by atoms with Crippen molar-refractivity contribution in [1.82, 2.24) is 14.8 Å². The lowest BCUT2D eigenvalue weighted by atomic mass is 9.80. The molecule has 1 aromatic carbocycles. The van der Waals surface area contributed by atoms with Gasteiger partial charge in [-0.1, -0.05) is 0 Å². The number of piperazine rings is 1. The highest BCUT2D eigenvalue weighted by atomic mass is 16.6. The van der Waals surface area contributed by atoms with Gasteiger partial charge < -0.3 is 40.3 Å². The lowest BCUT2D eigenvalue weighted by Crippen LogP contribution is -2.52. The second-order valence-electron chi connectivity index (χ2n) is 10.0. The fraction of sp³-hybridized carbons (Fsp3) is 0.481. The summed E-state index contributed by atoms with van der Waals surface area (Å²) in [6, 6.07) is 3.99. The Hall–Kier alpha value is -4.62. The molecule has 1 saturated carbocycles. The number of aromatic hydroxyl groups is 1. The van der Waals surface area contributed by atoms with E-state index in [9.17, 15) is 39.3 Å². The van der Waals surface area contributed by atoms with E-state index >= 15 is 0 Å². The molecule has 0 radical (unpaired) electrons. The van der Waals surface area contributed by atoms with E-state index in [4.69, 9.17) is 15.2 Å². The molecule has 2 aliphatic rings. The van der Waals surface area contributed by atoms with Gasteiger partial charge >= 0.3 is 18.0 Å². The van der Waals surface area contributed by atoms with Gasteiger partial charge in [0.1, 0.15) is 17.1 Å². The topological polar surface area (TPSA) is 210 Å². The van der Waals surface area contributed by atoms with Crippen LogP contribution in [-0.2, 0) is 19.1 Å². The minimum atomic E-state index is -1.65. The first-order chi connectivity index (χ1) is 19.5. The van der Waals surface area contributed by atoms with Crippen LogP contribution in [0.25, 0.3) is 10.9 Å². The molecule has 1 atom stereocenters. The Labute approximate surface area is 234 Å². The van der Waals surface area contributed by atoms with Gasteiger partial charge in [-0.25, -0.2) is 9.59 Å². The molecule has 0 bridgehead atoms. The maximum Gasteiger partial charge on any atom is 0.409 e. The SMILES string of the molecule is CCOC(=O)N1CCN(C(=O)C(CCC(=O)O)c2nc3ccc(O)cc3c(OC3(C(=O)O)CCC3)c2C(N)=O)CC1. The summed E-state index contributed by atoms with van der Waals surface area (Å²) in [5, 5.41) is 29.6. The number of pyridine rings is 1. The monoisotopic (exact) mass is 572 g/mol. The summed E-state index contributed by atoms with van der Waals surface area (Å²) < 4.78 is 11.0. The van der Waals surface area contributed by atoms with Crippen molar-refractivity contribution in [1.29, 1.82) is 0 Å². The second kappa shape index (κ2) is 11.9. The molecule has 1 aliphatic heterocycles. The third-order valence-corrected chi connectivity index (χ3v) is 7.44. The minimum Gasteiger partial charge on any atom is -0.508 e. The van der Waals surface area contributed by atoms with Crippen molar-refractivity contribution in [2.45, 2.75) is 50.5 Å². The van der Waals surface area contributed by atoms with Crippen molar-refractivity contribution >= 4 is 40.7 Å². The maximum absolute atomic E-state index is 13.9. The Morgan fingerprint density at radius 2 is 1.73 bits per heavy atom. The van der Waals surface area contributed by atoms with Gasteiger partial charge in [-0.15, -0.1) is 0 Å². The van der Waals surface area contributed by atoms with E-state index in [1.165, 1.54) is 28.0 Å². The van der Waals surface area contributed by atoms with E-state index in [0.717, 1.165) is 0 Å². The quantitative estimate of drug-likeness (QED) is 0.322. The van der Waals surface area contributed by atoms with Crippen LogP contribution in [0.5, 0.6) is 11.5 Å². The molecule has 41 heavy (non-hydrogen) atoms. The zero-order valence-corrected chi connectivity index (χ0v) is 22.5. The standard InChI is InChI=1S/C27H32N4O10/c1-2-40-26(39)31-12-10-30(11-13-31)24(36)16(5-7-19(33)34)21-20(23(28)35)22(41-27(25(37)38)8-3-9-27)17-14-15(32)4-6-18(17)29-21/h4,6,14,16,32H,2-3,5,7-13H2,1H3,(H2,28,35)(H,33,34)(H,37,38). The summed E-state index contributed by atoms with van der Waals surface area (Å²) in [6.45, 7) is 2.49. The molecule has 14 heteroatoms. The number of carboxylic acid groups (broad SMARTS) is 2. The number of phenolic OH excluding ortho intramolecular Hbond substituents is 1. The van der Waals surface area contributed by atoms with Crippen LogP contribution >= 0.6 is 0 Å². The van der Waals surface area contributed by atoms with Crippen LogP contribution in [0.4, 0.5) is 4.79 Å². The first-order valence-electron chi connectivity index (χ1n) is 13.3. The van der Waals surface area contributed by atoms with Gasteiger partial charge in [0.15, 0.2) is 0 Å². The van der Waals surface area contributed by atoms with Crippen molar-refractivity contribution in [3.63, 3.8) is 0 Å². The van der Waals surface area contributed by atoms with Crippen LogP contribution in [-0.4, -0.2) is 98.3 Å². The molecule has 1 aliphatic carbocycles. The van der Waals surface area contributed by atoms with Gasteiger partial charge in [0.2, 0.25) is 11.5 Å². The predicted molar refractivity (Wildman–Crippen MR) is 142 cm³/mol. The minimum absolute atomic E-state index is 0.113. The number of ether oxygens (including phenoxy) is 2. The number of aliphatic carboxylic acids is 2. The highest BCUT2D eigenvalue weighted by Gasteiger charge is 2.48. The number of fused-ring (bicyclic) bond motifs is 1. The van der Waals surface area contributed by atoms with Crippen molar-refractivity contribution < 1.29 is 48.8 Å². The predicted octanol–water partition coefficient (Wildman–Crippen LogP) is 1.67. The van der Waals surface area contributed by atoms with Crippen LogP contribution in [0.2, 0.25) is 0 Å². The molecule has 5 N–H and O–H groups in total. The average Bonchev–Trinajstić information content (AvgIpc) is 2.90. The molecule has 1 aromatic heterocycles. The van der Waals surface area contributed by atoms with Crippen molar-refractivity contribution in [2.75, 3.05) is 32.8 Å². The van der Waals surface area contributed by atoms with E-state index in [1.54, 1.807) is 6.92 Å². The number of primary amides is 1. The lowest BCUT2D eigenvalue weighted by molar-refractivity contribution is -0.163. The van der Waals surface area contributed by atoms with E-state index in [1.807, 2.05) is 0 Å². The van der Waals surface area contributed by atoms with Gasteiger partial charge in [0.05, 0.1) is 23.7 Å². The van der Waals surface area contributed by atoms with Gasteiger partial charge in [-0.05, 0) is 50.8 Å². The molecule has 0 spiro atoms. The summed E-state index contributed by atoms with van der Waals surface area (Å²) in [5.41, 5.74) is 3.81. The third kappa shape index (κ3) is 5.95. The number of aromatic nitrogens is 1. The largest absolute Gasteiger partial charge is 0.508 e. The molecule has 14 nitrogen and oxygen atoms in total. The molecule has 1 unspecified atom stereocenters. The molecule has 2 heterocycles. The number of nitrogens with zero attached hydrogens (tertiary/aromatic N) is 3. The summed E-state index contributed by atoms with van der Waals surface area (Å²) in [4.78, 5) is 70.0. The first-order valence-corrected chi connectivity index (χ1v) is 13.3. The van der Waals surface area contributed by atoms with Crippen molar-refractivity contribution in [2.24, 2.45) is 5.73 Å². The van der Waals surface area contributed by atoms with E-state index in [2.05, 4.69) is 4.98 Å². The molecule has 1 saturated heterocycles. The molecule has 220 valence electrons. The summed E-state index contributed by atoms with van der Waals surface area (Å²) >= 11 is 0. The van der Waals surface area contributed by atoms with Crippen molar-refractivity contribution in [3.05, 3.63) is 29.5 Å². The number of rotatable bonds is 10. The summed E-state index contributed by atoms with van der Waals surface area (Å²) in [5.74, 6) is -5.73. The van der Waals surface area contributed by atoms with Gasteiger partial charge in [-0.3, -0.25) is 19.4 Å². The van der Waals surface area contributed by atoms with Crippen LogP contribution in [0, 0.1) is 0 Å². The first kappa shape index (κ1) is 29.4. The van der Waals surface area contributed by atoms with E-state index in [0.29, 0.717) is 6.42 Å². The molecule has 2 fully saturated rings. The number of benzene rings is 1. The number of phenols is 1. The number of carbonyl (C=O) groups is 5. The highest BCUT2D eigenvalue weighted by molar-refractivity contribution is 6.05. The Morgan fingerprint density at radius 1 is 1.07 bits per heavy atom. The van der Waals surface area contributed by atoms with Crippen LogP contribution < -0.4 is 10.5 Å². The Balaban J connectivity index is 1.81. The molecular formula is C27H32N4O10. The van der Waals surface area contributed by atoms with Gasteiger partial charge in [-0.2, -0.15) is 0 Å². The van der Waals surface area contributed by atoms with Crippen LogP contribution in [0.3, 0.4) is 0 Å². The molecule has 4 rings (SSSR count). The fourth-order valence-electron chi connectivity index (χ4n) is 5.08. The zero-order valence-electron chi connectivity index (χ0n) is 22.5. The second-order valence-corrected chi connectivity index (χ2v) is 10.0. The highest BCUT2D eigenvalue weighted by Crippen LogP contribution is 2.43. The number of hydrogen-bond donors (Lipinski definition) is 4. The third-order valence-electron chi connectivity index (χ3n) is 7.44. The summed E-state index contributed by atoms with van der Waals surface area (Å²) in [6.07, 6.45) is -0.316. The number of hydrogen-bond acceptors (Lipinski definition) is 9. The maximum atomic E-state index is 13.9. The lowest BCUT2D eigenvalue weighted by Gasteiger charge is -2.39. The normalized spacial score (nSPS) is 16.9. The molecule has 3 amide bonds. The number of carboxylic acids is 2. The smallest absolute Gasteiger partial charge is 0.409 e. The van der Waals surface area contributed by atoms with Crippen LogP contribution in [0.15, 0.2) is 18.2 Å². The molecule has 2 aromatic rings. The number of carbonyl (C=O) groups excluding carboxylic acids is 3. The zero-order chi connectivity index (χ0) is 29.9. The van der Waals surface area contributed by atoms with Gasteiger partial charge in [0.25, 0.3) is 5.91 Å². The van der Waals surface area contributed by atoms with E-state index < -0.39 is 47.8 Å². The van der Waals surface area contributed by atoms with Crippen LogP contribution in [0.1, 0.15) is 61.0 Å². The molecular weight excluding hydrogens is 540 g/mol. The summed E-state index contributed by atoms with van der Waals surface area (Å²) in [7, 11) is 0. The number of amides is 3. The Kier molecular flexibility index (Phi) is 8.49. The Morgan fingerprint density at radius 3 is 2.27 bits per heavy atom. The van der Waals surface area contributed by atoms with E-state index in [-0.39, 0.29) is 85.7 Å². The average molecular weight is 573 g/mol. The number of nitrogens with two attached hydrogens (primary N) is 1. The van der Waals surface area contributed by atoms with Gasteiger partial charge in [0, 0.05) is 38.0 Å². The Bertz CT molecular complexity index is 1380.